The van der Waals surface area contributed by atoms with Crippen LogP contribution >= 0.6 is 11.6 Å². The number of anilines is 1. The normalized spacial score (nSPS) is 14.8. The fourth-order valence-corrected chi connectivity index (χ4v) is 3.14. The van der Waals surface area contributed by atoms with Crippen molar-refractivity contribution < 1.29 is 19.1 Å². The van der Waals surface area contributed by atoms with E-state index >= 15 is 0 Å². The van der Waals surface area contributed by atoms with Crippen LogP contribution in [0.2, 0.25) is 5.02 Å². The smallest absolute Gasteiger partial charge is 0.337 e. The molecule has 1 aromatic carbocycles. The van der Waals surface area contributed by atoms with Crippen LogP contribution in [0.5, 0.6) is 0 Å². The van der Waals surface area contributed by atoms with Gasteiger partial charge >= 0.3 is 5.97 Å². The summed E-state index contributed by atoms with van der Waals surface area (Å²) in [5.74, 6) is -0.645. The van der Waals surface area contributed by atoms with Crippen molar-refractivity contribution in [3.8, 4) is 0 Å². The van der Waals surface area contributed by atoms with E-state index in [1.807, 2.05) is 4.90 Å². The number of benzene rings is 1. The highest BCUT2D eigenvalue weighted by Crippen LogP contribution is 2.26. The zero-order chi connectivity index (χ0) is 19.1. The first-order valence-electron chi connectivity index (χ1n) is 8.92. The molecule has 1 aliphatic heterocycles. The molecule has 0 aromatic heterocycles. The van der Waals surface area contributed by atoms with Crippen molar-refractivity contribution in [3.63, 3.8) is 0 Å². The predicted octanol–water partition coefficient (Wildman–Crippen LogP) is 3.49. The molecule has 142 valence electrons. The Morgan fingerprint density at radius 3 is 2.58 bits per heavy atom. The highest BCUT2D eigenvalue weighted by atomic mass is 35.5. The summed E-state index contributed by atoms with van der Waals surface area (Å²) >= 11 is 6.12. The van der Waals surface area contributed by atoms with Crippen molar-refractivity contribution in [2.24, 2.45) is 5.92 Å². The zero-order valence-corrected chi connectivity index (χ0v) is 16.0. The number of hydrogen-bond acceptors (Lipinski definition) is 4. The lowest BCUT2D eigenvalue weighted by molar-refractivity contribution is -0.134. The molecule has 1 saturated heterocycles. The lowest BCUT2D eigenvalue weighted by atomic mass is 9.95. The summed E-state index contributed by atoms with van der Waals surface area (Å²) in [5.41, 5.74) is 0.713. The van der Waals surface area contributed by atoms with Gasteiger partial charge in [-0.2, -0.15) is 0 Å². The van der Waals surface area contributed by atoms with E-state index in [1.165, 1.54) is 13.2 Å². The first-order chi connectivity index (χ1) is 12.5. The second-order valence-corrected chi connectivity index (χ2v) is 6.84. The highest BCUT2D eigenvalue weighted by molar-refractivity contribution is 6.33. The average molecular weight is 381 g/mol. The van der Waals surface area contributed by atoms with Crippen LogP contribution in [-0.4, -0.2) is 42.9 Å². The van der Waals surface area contributed by atoms with Crippen molar-refractivity contribution in [1.82, 2.24) is 4.90 Å². The lowest BCUT2D eigenvalue weighted by Crippen LogP contribution is -2.41. The molecule has 1 N–H and O–H groups in total. The molecule has 0 atom stereocenters. The van der Waals surface area contributed by atoms with Gasteiger partial charge in [-0.3, -0.25) is 9.59 Å². The van der Waals surface area contributed by atoms with E-state index in [0.29, 0.717) is 48.6 Å². The molecule has 2 amide bonds. The van der Waals surface area contributed by atoms with Crippen LogP contribution in [0.15, 0.2) is 18.2 Å². The fourth-order valence-electron chi connectivity index (χ4n) is 2.98. The number of rotatable bonds is 6. The number of halogens is 1. The quantitative estimate of drug-likeness (QED) is 0.766. The lowest BCUT2D eigenvalue weighted by Gasteiger charge is -2.31. The minimum atomic E-state index is -0.490. The van der Waals surface area contributed by atoms with Crippen LogP contribution in [0.4, 0.5) is 5.69 Å². The van der Waals surface area contributed by atoms with Gasteiger partial charge in [0.15, 0.2) is 0 Å². The molecule has 1 aliphatic rings. The molecule has 1 fully saturated rings. The highest BCUT2D eigenvalue weighted by Gasteiger charge is 2.27. The molecule has 0 unspecified atom stereocenters. The topological polar surface area (TPSA) is 75.7 Å². The van der Waals surface area contributed by atoms with Crippen molar-refractivity contribution in [1.29, 1.82) is 0 Å². The largest absolute Gasteiger partial charge is 0.465 e. The van der Waals surface area contributed by atoms with E-state index in [4.69, 9.17) is 11.6 Å². The van der Waals surface area contributed by atoms with Crippen LogP contribution in [0.3, 0.4) is 0 Å². The molecule has 1 aromatic rings. The molecule has 2 rings (SSSR count). The zero-order valence-electron chi connectivity index (χ0n) is 15.2. The maximum atomic E-state index is 12.5. The number of carbonyl (C=O) groups is 3. The molecule has 7 heteroatoms. The van der Waals surface area contributed by atoms with Gasteiger partial charge in [0, 0.05) is 25.4 Å². The van der Waals surface area contributed by atoms with Gasteiger partial charge in [-0.15, -0.1) is 0 Å². The van der Waals surface area contributed by atoms with Gasteiger partial charge in [-0.05, 0) is 37.5 Å². The summed E-state index contributed by atoms with van der Waals surface area (Å²) in [7, 11) is 1.30. The number of piperidine rings is 1. The standard InChI is InChI=1S/C19H25ClN2O4/c1-3-4-5-17(23)22-10-8-13(9-11-22)18(24)21-16-12-14(19(25)26-2)6-7-15(16)20/h6-7,12-13H,3-5,8-11H2,1-2H3,(H,21,24). The Labute approximate surface area is 158 Å². The van der Waals surface area contributed by atoms with Crippen LogP contribution in [0.1, 0.15) is 49.4 Å². The van der Waals surface area contributed by atoms with Gasteiger partial charge < -0.3 is 15.0 Å². The summed E-state index contributed by atoms with van der Waals surface area (Å²) in [5, 5.41) is 3.15. The molecule has 1 heterocycles. The van der Waals surface area contributed by atoms with Gasteiger partial charge in [0.1, 0.15) is 0 Å². The third kappa shape index (κ3) is 5.21. The number of esters is 1. The fraction of sp³-hybridized carbons (Fsp3) is 0.526. The second kappa shape index (κ2) is 9.57. The minimum absolute atomic E-state index is 0.144. The van der Waals surface area contributed by atoms with Gasteiger partial charge in [-0.1, -0.05) is 24.9 Å². The monoisotopic (exact) mass is 380 g/mol. The van der Waals surface area contributed by atoms with E-state index in [9.17, 15) is 14.4 Å². The summed E-state index contributed by atoms with van der Waals surface area (Å²) in [4.78, 5) is 38.1. The Kier molecular flexibility index (Phi) is 7.45. The number of ether oxygens (including phenoxy) is 1. The SMILES string of the molecule is CCCCC(=O)N1CCC(C(=O)Nc2cc(C(=O)OC)ccc2Cl)CC1. The van der Waals surface area contributed by atoms with Crippen molar-refractivity contribution >= 4 is 35.1 Å². The van der Waals surface area contributed by atoms with E-state index in [-0.39, 0.29) is 17.7 Å². The third-order valence-electron chi connectivity index (χ3n) is 4.61. The minimum Gasteiger partial charge on any atom is -0.465 e. The maximum Gasteiger partial charge on any atom is 0.337 e. The van der Waals surface area contributed by atoms with E-state index in [2.05, 4.69) is 17.0 Å². The number of carbonyl (C=O) groups excluding carboxylic acids is 3. The molecular weight excluding hydrogens is 356 g/mol. The van der Waals surface area contributed by atoms with Crippen LogP contribution < -0.4 is 5.32 Å². The third-order valence-corrected chi connectivity index (χ3v) is 4.94. The van der Waals surface area contributed by atoms with E-state index in [0.717, 1.165) is 12.8 Å². The molecular formula is C19H25ClN2O4. The number of hydrogen-bond donors (Lipinski definition) is 1. The average Bonchev–Trinajstić information content (AvgIpc) is 2.67. The Morgan fingerprint density at radius 2 is 1.96 bits per heavy atom. The Hall–Kier alpha value is -2.08. The Morgan fingerprint density at radius 1 is 1.27 bits per heavy atom. The number of nitrogens with one attached hydrogen (secondary N) is 1. The molecule has 0 spiro atoms. The van der Waals surface area contributed by atoms with Crippen LogP contribution in [0.25, 0.3) is 0 Å². The summed E-state index contributed by atoms with van der Waals surface area (Å²) < 4.78 is 4.68. The second-order valence-electron chi connectivity index (χ2n) is 6.43. The summed E-state index contributed by atoms with van der Waals surface area (Å²) in [6.07, 6.45) is 3.71. The number of nitrogens with zero attached hydrogens (tertiary/aromatic N) is 1. The summed E-state index contributed by atoms with van der Waals surface area (Å²) in [6, 6.07) is 4.61. The Balaban J connectivity index is 1.93. The van der Waals surface area contributed by atoms with Gasteiger partial charge in [0.25, 0.3) is 0 Å². The van der Waals surface area contributed by atoms with Crippen molar-refractivity contribution in [2.45, 2.75) is 39.0 Å². The number of unbranched alkanes of at least 4 members (excludes halogenated alkanes) is 1. The molecule has 0 aliphatic carbocycles. The maximum absolute atomic E-state index is 12.5. The van der Waals surface area contributed by atoms with Crippen LogP contribution in [-0.2, 0) is 14.3 Å². The van der Waals surface area contributed by atoms with Crippen molar-refractivity contribution in [2.75, 3.05) is 25.5 Å². The number of likely N-dealkylation sites (tertiary alicyclic amines) is 1. The number of amides is 2. The van der Waals surface area contributed by atoms with Crippen LogP contribution in [0, 0.1) is 5.92 Å². The molecule has 0 bridgehead atoms. The van der Waals surface area contributed by atoms with Gasteiger partial charge in [0.2, 0.25) is 11.8 Å². The molecule has 6 nitrogen and oxygen atoms in total. The summed E-state index contributed by atoms with van der Waals surface area (Å²) in [6.45, 7) is 3.25. The van der Waals surface area contributed by atoms with Crippen molar-refractivity contribution in [3.05, 3.63) is 28.8 Å². The first kappa shape index (κ1) is 20.2. The predicted molar refractivity (Wildman–Crippen MR) is 100 cm³/mol. The first-order valence-corrected chi connectivity index (χ1v) is 9.30. The molecule has 26 heavy (non-hydrogen) atoms. The van der Waals surface area contributed by atoms with Gasteiger partial charge in [-0.25, -0.2) is 4.79 Å². The number of methoxy groups -OCH3 is 1. The van der Waals surface area contributed by atoms with Gasteiger partial charge in [0.05, 0.1) is 23.4 Å². The van der Waals surface area contributed by atoms with E-state index in [1.54, 1.807) is 12.1 Å². The molecule has 0 radical (unpaired) electrons. The van der Waals surface area contributed by atoms with E-state index < -0.39 is 5.97 Å². The molecule has 0 saturated carbocycles. The Bertz CT molecular complexity index is 670.